The molecule has 1 aromatic rings. The predicted molar refractivity (Wildman–Crippen MR) is 70.6 cm³/mol. The number of amides is 1. The molecule has 0 spiro atoms. The number of hydrogen-bond donors (Lipinski definition) is 3. The van der Waals surface area contributed by atoms with E-state index in [1.807, 2.05) is 0 Å². The molecule has 20 heavy (non-hydrogen) atoms. The first kappa shape index (κ1) is 14.3. The van der Waals surface area contributed by atoms with Crippen LogP contribution in [0.3, 0.4) is 0 Å². The molecule has 0 aliphatic carbocycles. The van der Waals surface area contributed by atoms with Crippen LogP contribution in [0.15, 0.2) is 24.3 Å². The lowest BCUT2D eigenvalue weighted by Crippen LogP contribution is -2.51. The van der Waals surface area contributed by atoms with Crippen LogP contribution in [0, 0.1) is 0 Å². The van der Waals surface area contributed by atoms with Crippen LogP contribution >= 0.6 is 0 Å². The van der Waals surface area contributed by atoms with Gasteiger partial charge in [0.05, 0.1) is 6.61 Å². The highest BCUT2D eigenvalue weighted by Crippen LogP contribution is 2.20. The molecule has 1 heterocycles. The number of carboxylic acids is 1. The minimum atomic E-state index is -1.05. The number of nitrogens with two attached hydrogens (primary N) is 1. The number of rotatable bonds is 5. The molecule has 7 nitrogen and oxygen atoms in total. The van der Waals surface area contributed by atoms with E-state index < -0.39 is 18.1 Å². The largest absolute Gasteiger partial charge is 0.482 e. The van der Waals surface area contributed by atoms with Crippen molar-refractivity contribution in [3.63, 3.8) is 0 Å². The number of carbonyl (C=O) groups is 2. The Hall–Kier alpha value is -2.12. The minimum absolute atomic E-state index is 0.207. The van der Waals surface area contributed by atoms with Gasteiger partial charge in [-0.05, 0) is 30.7 Å². The maximum Gasteiger partial charge on any atom is 0.341 e. The van der Waals surface area contributed by atoms with Crippen molar-refractivity contribution < 1.29 is 24.2 Å². The number of carbonyl (C=O) groups excluding carboxylic acids is 1. The number of hydrogen-bond acceptors (Lipinski definition) is 5. The SMILES string of the molecule is NC1(C(=O)Nc2ccc(OCC(=O)O)cc2)CCOC1. The molecular weight excluding hydrogens is 264 g/mol. The maximum atomic E-state index is 12.0. The number of aliphatic carboxylic acids is 1. The van der Waals surface area contributed by atoms with Gasteiger partial charge in [0.1, 0.15) is 11.3 Å². The lowest BCUT2D eigenvalue weighted by Gasteiger charge is -2.20. The molecule has 1 unspecified atom stereocenters. The fourth-order valence-electron chi connectivity index (χ4n) is 1.79. The van der Waals surface area contributed by atoms with E-state index in [2.05, 4.69) is 5.32 Å². The summed E-state index contributed by atoms with van der Waals surface area (Å²) in [5.41, 5.74) is 5.51. The van der Waals surface area contributed by atoms with Crippen molar-refractivity contribution in [2.24, 2.45) is 5.73 Å². The van der Waals surface area contributed by atoms with Gasteiger partial charge in [-0.1, -0.05) is 0 Å². The molecule has 1 fully saturated rings. The molecule has 2 rings (SSSR count). The summed E-state index contributed by atoms with van der Waals surface area (Å²) in [6.45, 7) is 0.277. The van der Waals surface area contributed by atoms with Crippen LogP contribution in [-0.2, 0) is 14.3 Å². The Balaban J connectivity index is 1.93. The van der Waals surface area contributed by atoms with E-state index in [4.69, 9.17) is 20.3 Å². The molecule has 4 N–H and O–H groups in total. The molecule has 1 atom stereocenters. The second kappa shape index (κ2) is 5.89. The Morgan fingerprint density at radius 1 is 1.40 bits per heavy atom. The number of anilines is 1. The second-order valence-electron chi connectivity index (χ2n) is 4.62. The molecule has 0 aromatic heterocycles. The van der Waals surface area contributed by atoms with Crippen molar-refractivity contribution in [3.8, 4) is 5.75 Å². The lowest BCUT2D eigenvalue weighted by atomic mass is 9.99. The molecular formula is C13H16N2O5. The van der Waals surface area contributed by atoms with Crippen molar-refractivity contribution in [2.45, 2.75) is 12.0 Å². The average molecular weight is 280 g/mol. The monoisotopic (exact) mass is 280 g/mol. The summed E-state index contributed by atoms with van der Waals surface area (Å²) in [6.07, 6.45) is 0.485. The molecule has 1 aliphatic heterocycles. The Labute approximate surface area is 115 Å². The normalized spacial score (nSPS) is 21.4. The van der Waals surface area contributed by atoms with Crippen molar-refractivity contribution >= 4 is 17.6 Å². The van der Waals surface area contributed by atoms with Crippen LogP contribution in [0.1, 0.15) is 6.42 Å². The fourth-order valence-corrected chi connectivity index (χ4v) is 1.79. The summed E-state index contributed by atoms with van der Waals surface area (Å²) in [6, 6.07) is 6.39. The van der Waals surface area contributed by atoms with Gasteiger partial charge in [0.15, 0.2) is 6.61 Å². The Morgan fingerprint density at radius 3 is 2.65 bits per heavy atom. The lowest BCUT2D eigenvalue weighted by molar-refractivity contribution is -0.139. The maximum absolute atomic E-state index is 12.0. The Morgan fingerprint density at radius 2 is 2.10 bits per heavy atom. The van der Waals surface area contributed by atoms with Crippen LogP contribution in [0.2, 0.25) is 0 Å². The summed E-state index contributed by atoms with van der Waals surface area (Å²) in [4.78, 5) is 22.4. The first-order valence-corrected chi connectivity index (χ1v) is 6.12. The van der Waals surface area contributed by atoms with Gasteiger partial charge >= 0.3 is 5.97 Å². The van der Waals surface area contributed by atoms with Crippen LogP contribution < -0.4 is 15.8 Å². The molecule has 108 valence electrons. The van der Waals surface area contributed by atoms with Gasteiger partial charge in [-0.2, -0.15) is 0 Å². The molecule has 1 aromatic carbocycles. The molecule has 0 bridgehead atoms. The van der Waals surface area contributed by atoms with Gasteiger partial charge in [0.25, 0.3) is 0 Å². The van der Waals surface area contributed by atoms with Gasteiger partial charge in [-0.3, -0.25) is 4.79 Å². The van der Waals surface area contributed by atoms with Crippen molar-refractivity contribution in [1.29, 1.82) is 0 Å². The Kier molecular flexibility index (Phi) is 4.21. The highest BCUT2D eigenvalue weighted by atomic mass is 16.5. The standard InChI is InChI=1S/C13H16N2O5/c14-13(5-6-19-8-13)12(18)15-9-1-3-10(4-2-9)20-7-11(16)17/h1-4H,5-8,14H2,(H,15,18)(H,16,17). The minimum Gasteiger partial charge on any atom is -0.482 e. The van der Waals surface area contributed by atoms with Crippen molar-refractivity contribution in [3.05, 3.63) is 24.3 Å². The topological polar surface area (TPSA) is 111 Å². The third-order valence-corrected chi connectivity index (χ3v) is 2.98. The smallest absolute Gasteiger partial charge is 0.341 e. The van der Waals surface area contributed by atoms with Crippen LogP contribution in [0.25, 0.3) is 0 Å². The van der Waals surface area contributed by atoms with E-state index in [0.29, 0.717) is 24.5 Å². The van der Waals surface area contributed by atoms with Crippen LogP contribution in [-0.4, -0.2) is 42.3 Å². The first-order chi connectivity index (χ1) is 9.49. The third-order valence-electron chi connectivity index (χ3n) is 2.98. The highest BCUT2D eigenvalue weighted by molar-refractivity contribution is 5.98. The van der Waals surface area contributed by atoms with E-state index >= 15 is 0 Å². The van der Waals surface area contributed by atoms with Gasteiger partial charge in [-0.25, -0.2) is 4.79 Å². The number of benzene rings is 1. The fraction of sp³-hybridized carbons (Fsp3) is 0.385. The third kappa shape index (κ3) is 3.46. The van der Waals surface area contributed by atoms with Crippen molar-refractivity contribution in [1.82, 2.24) is 0 Å². The first-order valence-electron chi connectivity index (χ1n) is 6.12. The van der Waals surface area contributed by atoms with Crippen LogP contribution in [0.4, 0.5) is 5.69 Å². The van der Waals surface area contributed by atoms with Gasteiger partial charge in [0, 0.05) is 12.3 Å². The summed E-state index contributed by atoms with van der Waals surface area (Å²) in [5.74, 6) is -0.931. The average Bonchev–Trinajstić information content (AvgIpc) is 2.86. The zero-order valence-electron chi connectivity index (χ0n) is 10.8. The molecule has 7 heteroatoms. The second-order valence-corrected chi connectivity index (χ2v) is 4.62. The molecule has 1 amide bonds. The summed E-state index contributed by atoms with van der Waals surface area (Å²) in [5, 5.41) is 11.2. The van der Waals surface area contributed by atoms with Crippen molar-refractivity contribution in [2.75, 3.05) is 25.1 Å². The summed E-state index contributed by atoms with van der Waals surface area (Å²) in [7, 11) is 0. The quantitative estimate of drug-likeness (QED) is 0.711. The van der Waals surface area contributed by atoms with Gasteiger partial charge in [0.2, 0.25) is 5.91 Å². The van der Waals surface area contributed by atoms with Gasteiger partial charge in [-0.15, -0.1) is 0 Å². The van der Waals surface area contributed by atoms with E-state index in [9.17, 15) is 9.59 Å². The molecule has 0 saturated carbocycles. The molecule has 1 aliphatic rings. The summed E-state index contributed by atoms with van der Waals surface area (Å²) >= 11 is 0. The van der Waals surface area contributed by atoms with E-state index in [0.717, 1.165) is 0 Å². The molecule has 0 radical (unpaired) electrons. The molecule has 1 saturated heterocycles. The summed E-state index contributed by atoms with van der Waals surface area (Å²) < 4.78 is 10.1. The van der Waals surface area contributed by atoms with Gasteiger partial charge < -0.3 is 25.6 Å². The van der Waals surface area contributed by atoms with E-state index in [1.165, 1.54) is 0 Å². The van der Waals surface area contributed by atoms with E-state index in [1.54, 1.807) is 24.3 Å². The zero-order chi connectivity index (χ0) is 14.6. The predicted octanol–water partition coefficient (Wildman–Crippen LogP) is 0.206. The van der Waals surface area contributed by atoms with Crippen LogP contribution in [0.5, 0.6) is 5.75 Å². The number of ether oxygens (including phenoxy) is 2. The number of carboxylic acid groups (broad SMARTS) is 1. The zero-order valence-corrected chi connectivity index (χ0v) is 10.8. The Bertz CT molecular complexity index is 494. The number of nitrogens with one attached hydrogen (secondary N) is 1. The van der Waals surface area contributed by atoms with E-state index in [-0.39, 0.29) is 12.5 Å². The highest BCUT2D eigenvalue weighted by Gasteiger charge is 2.38.